The molecule has 1 amide bonds. The van der Waals surface area contributed by atoms with E-state index in [-0.39, 0.29) is 11.6 Å². The van der Waals surface area contributed by atoms with Gasteiger partial charge in [-0.25, -0.2) is 0 Å². The van der Waals surface area contributed by atoms with E-state index >= 15 is 0 Å². The monoisotopic (exact) mass is 312 g/mol. The first-order valence-corrected chi connectivity index (χ1v) is 6.88. The molecular weight excluding hydrogens is 296 g/mol. The molecule has 2 rings (SSSR count). The van der Waals surface area contributed by atoms with E-state index in [1.807, 2.05) is 18.2 Å². The number of anilines is 1. The standard InChI is InChI=1S/C17H16N2O4/c1-12-7-9-14(19(21)22)11-15(12)18-17(20)10-8-13-5-3-4-6-16(13)23-2/h3-11H,1-2H3,(H,18,20). The molecule has 0 spiro atoms. The molecule has 6 heteroatoms. The maximum Gasteiger partial charge on any atom is 0.271 e. The highest BCUT2D eigenvalue weighted by molar-refractivity contribution is 6.02. The highest BCUT2D eigenvalue weighted by atomic mass is 16.6. The van der Waals surface area contributed by atoms with Crippen LogP contribution in [-0.2, 0) is 4.79 Å². The fraction of sp³-hybridized carbons (Fsp3) is 0.118. The number of nitrogens with one attached hydrogen (secondary N) is 1. The van der Waals surface area contributed by atoms with E-state index in [1.165, 1.54) is 18.2 Å². The summed E-state index contributed by atoms with van der Waals surface area (Å²) < 4.78 is 5.20. The molecule has 6 nitrogen and oxygen atoms in total. The molecule has 0 heterocycles. The number of para-hydroxylation sites is 1. The fourth-order valence-corrected chi connectivity index (χ4v) is 2.00. The Balaban J connectivity index is 2.15. The summed E-state index contributed by atoms with van der Waals surface area (Å²) in [6.45, 7) is 1.77. The molecule has 1 N–H and O–H groups in total. The van der Waals surface area contributed by atoms with E-state index in [1.54, 1.807) is 32.2 Å². The molecule has 0 fully saturated rings. The number of carbonyl (C=O) groups excluding carboxylic acids is 1. The molecular formula is C17H16N2O4. The Morgan fingerprint density at radius 2 is 2.00 bits per heavy atom. The molecule has 0 saturated carbocycles. The normalized spacial score (nSPS) is 10.5. The molecule has 0 unspecified atom stereocenters. The topological polar surface area (TPSA) is 81.5 Å². The van der Waals surface area contributed by atoms with Crippen molar-refractivity contribution in [2.24, 2.45) is 0 Å². The van der Waals surface area contributed by atoms with E-state index < -0.39 is 4.92 Å². The average molecular weight is 312 g/mol. The van der Waals surface area contributed by atoms with Crippen molar-refractivity contribution in [1.82, 2.24) is 0 Å². The summed E-state index contributed by atoms with van der Waals surface area (Å²) in [5, 5.41) is 13.4. The van der Waals surface area contributed by atoms with Crippen molar-refractivity contribution in [2.45, 2.75) is 6.92 Å². The highest BCUT2D eigenvalue weighted by Crippen LogP contribution is 2.22. The van der Waals surface area contributed by atoms with Gasteiger partial charge in [0.2, 0.25) is 5.91 Å². The van der Waals surface area contributed by atoms with Gasteiger partial charge in [0.05, 0.1) is 17.7 Å². The number of methoxy groups -OCH3 is 1. The minimum absolute atomic E-state index is 0.0698. The van der Waals surface area contributed by atoms with E-state index in [2.05, 4.69) is 5.32 Å². The van der Waals surface area contributed by atoms with Crippen LogP contribution >= 0.6 is 0 Å². The number of nitrogens with zero attached hydrogens (tertiary/aromatic N) is 1. The van der Waals surface area contributed by atoms with E-state index in [0.717, 1.165) is 11.1 Å². The first-order chi connectivity index (χ1) is 11.0. The van der Waals surface area contributed by atoms with Crippen LogP contribution in [0, 0.1) is 17.0 Å². The van der Waals surface area contributed by atoms with E-state index in [0.29, 0.717) is 11.4 Å². The van der Waals surface area contributed by atoms with Crippen LogP contribution in [0.3, 0.4) is 0 Å². The fourth-order valence-electron chi connectivity index (χ4n) is 2.00. The predicted octanol–water partition coefficient (Wildman–Crippen LogP) is 3.56. The van der Waals surface area contributed by atoms with Gasteiger partial charge in [-0.05, 0) is 24.6 Å². The van der Waals surface area contributed by atoms with Gasteiger partial charge in [0.1, 0.15) is 5.75 Å². The van der Waals surface area contributed by atoms with Gasteiger partial charge in [-0.3, -0.25) is 14.9 Å². The maximum atomic E-state index is 12.0. The van der Waals surface area contributed by atoms with Crippen LogP contribution < -0.4 is 10.1 Å². The summed E-state index contributed by atoms with van der Waals surface area (Å²) in [5.41, 5.74) is 1.85. The van der Waals surface area contributed by atoms with Gasteiger partial charge in [0.15, 0.2) is 0 Å². The Morgan fingerprint density at radius 3 is 2.70 bits per heavy atom. The number of ether oxygens (including phenoxy) is 1. The zero-order valence-corrected chi connectivity index (χ0v) is 12.8. The number of aryl methyl sites for hydroxylation is 1. The summed E-state index contributed by atoms with van der Waals surface area (Å²) in [6, 6.07) is 11.6. The summed E-state index contributed by atoms with van der Waals surface area (Å²) in [4.78, 5) is 22.3. The molecule has 118 valence electrons. The molecule has 0 bridgehead atoms. The number of nitro groups is 1. The van der Waals surface area contributed by atoms with Crippen LogP contribution in [0.1, 0.15) is 11.1 Å². The van der Waals surface area contributed by atoms with Gasteiger partial charge in [-0.2, -0.15) is 0 Å². The van der Waals surface area contributed by atoms with Gasteiger partial charge in [0, 0.05) is 23.8 Å². The van der Waals surface area contributed by atoms with Crippen LogP contribution in [0.15, 0.2) is 48.5 Å². The lowest BCUT2D eigenvalue weighted by Gasteiger charge is -2.06. The van der Waals surface area contributed by atoms with Crippen molar-refractivity contribution in [2.75, 3.05) is 12.4 Å². The van der Waals surface area contributed by atoms with Crippen molar-refractivity contribution < 1.29 is 14.5 Å². The molecule has 2 aromatic carbocycles. The number of benzene rings is 2. The van der Waals surface area contributed by atoms with Crippen LogP contribution in [0.2, 0.25) is 0 Å². The third-order valence-corrected chi connectivity index (χ3v) is 3.24. The highest BCUT2D eigenvalue weighted by Gasteiger charge is 2.10. The number of hydrogen-bond acceptors (Lipinski definition) is 4. The van der Waals surface area contributed by atoms with E-state index in [9.17, 15) is 14.9 Å². The van der Waals surface area contributed by atoms with Crippen LogP contribution in [-0.4, -0.2) is 17.9 Å². The smallest absolute Gasteiger partial charge is 0.271 e. The summed E-state index contributed by atoms with van der Waals surface area (Å²) in [7, 11) is 1.55. The maximum absolute atomic E-state index is 12.0. The van der Waals surface area contributed by atoms with Gasteiger partial charge in [0.25, 0.3) is 5.69 Å². The number of carbonyl (C=O) groups is 1. The second kappa shape index (κ2) is 7.22. The number of hydrogen-bond donors (Lipinski definition) is 1. The van der Waals surface area contributed by atoms with Crippen LogP contribution in [0.5, 0.6) is 5.75 Å². The molecule has 2 aromatic rings. The minimum Gasteiger partial charge on any atom is -0.496 e. The lowest BCUT2D eigenvalue weighted by Crippen LogP contribution is -2.09. The number of nitro benzene ring substituents is 1. The lowest BCUT2D eigenvalue weighted by atomic mass is 10.1. The van der Waals surface area contributed by atoms with Crippen molar-refractivity contribution in [1.29, 1.82) is 0 Å². The first kappa shape index (κ1) is 16.2. The Kier molecular flexibility index (Phi) is 5.09. The molecule has 0 atom stereocenters. The molecule has 23 heavy (non-hydrogen) atoms. The Hall–Kier alpha value is -3.15. The molecule has 0 aliphatic rings. The number of non-ortho nitro benzene ring substituents is 1. The van der Waals surface area contributed by atoms with Crippen molar-refractivity contribution in [3.8, 4) is 5.75 Å². The van der Waals surface area contributed by atoms with Crippen molar-refractivity contribution in [3.63, 3.8) is 0 Å². The first-order valence-electron chi connectivity index (χ1n) is 6.88. The van der Waals surface area contributed by atoms with E-state index in [4.69, 9.17) is 4.74 Å². The third-order valence-electron chi connectivity index (χ3n) is 3.24. The molecule has 0 radical (unpaired) electrons. The number of rotatable bonds is 5. The van der Waals surface area contributed by atoms with Crippen molar-refractivity contribution >= 4 is 23.4 Å². The zero-order chi connectivity index (χ0) is 16.8. The molecule has 0 aromatic heterocycles. The molecule has 0 aliphatic heterocycles. The minimum atomic E-state index is -0.500. The largest absolute Gasteiger partial charge is 0.496 e. The second-order valence-corrected chi connectivity index (χ2v) is 4.82. The zero-order valence-electron chi connectivity index (χ0n) is 12.8. The molecule has 0 saturated heterocycles. The van der Waals surface area contributed by atoms with Crippen LogP contribution in [0.4, 0.5) is 11.4 Å². The Morgan fingerprint density at radius 1 is 1.26 bits per heavy atom. The van der Waals surface area contributed by atoms with Gasteiger partial charge in [-0.1, -0.05) is 24.3 Å². The lowest BCUT2D eigenvalue weighted by molar-refractivity contribution is -0.384. The third kappa shape index (κ3) is 4.16. The summed E-state index contributed by atoms with van der Waals surface area (Å²) in [5.74, 6) is 0.280. The number of amides is 1. The van der Waals surface area contributed by atoms with Crippen molar-refractivity contribution in [3.05, 3.63) is 69.8 Å². The SMILES string of the molecule is COc1ccccc1C=CC(=O)Nc1cc([N+](=O)[O-])ccc1C. The quantitative estimate of drug-likeness (QED) is 0.520. The van der Waals surface area contributed by atoms with Gasteiger partial charge >= 0.3 is 0 Å². The predicted molar refractivity (Wildman–Crippen MR) is 88.5 cm³/mol. The van der Waals surface area contributed by atoms with Gasteiger partial charge < -0.3 is 10.1 Å². The van der Waals surface area contributed by atoms with Gasteiger partial charge in [-0.15, -0.1) is 0 Å². The Labute approximate surface area is 133 Å². The molecule has 0 aliphatic carbocycles. The summed E-state index contributed by atoms with van der Waals surface area (Å²) in [6.07, 6.45) is 2.98. The van der Waals surface area contributed by atoms with Crippen LogP contribution in [0.25, 0.3) is 6.08 Å². The average Bonchev–Trinajstić information content (AvgIpc) is 2.55. The summed E-state index contributed by atoms with van der Waals surface area (Å²) >= 11 is 0. The Bertz CT molecular complexity index is 769. The second-order valence-electron chi connectivity index (χ2n) is 4.82.